The first-order chi connectivity index (χ1) is 12.7. The van der Waals surface area contributed by atoms with E-state index in [-0.39, 0.29) is 5.78 Å². The van der Waals surface area contributed by atoms with Gasteiger partial charge in [-0.25, -0.2) is 0 Å². The third kappa shape index (κ3) is 21.8. The largest absolute Gasteiger partial charge is 0.370 e. The van der Waals surface area contributed by atoms with Crippen LogP contribution in [0.4, 0.5) is 0 Å². The number of ether oxygens (including phenoxy) is 2. The van der Waals surface area contributed by atoms with Gasteiger partial charge in [0, 0.05) is 44.3 Å². The molecule has 2 N–H and O–H groups in total. The third-order valence-corrected chi connectivity index (χ3v) is 5.26. The van der Waals surface area contributed by atoms with Crippen molar-refractivity contribution in [2.75, 3.05) is 51.1 Å². The van der Waals surface area contributed by atoms with Crippen molar-refractivity contribution in [3.8, 4) is 11.8 Å². The second-order valence-electron chi connectivity index (χ2n) is 6.01. The number of carbonyl (C=O) groups is 1. The van der Waals surface area contributed by atoms with Crippen molar-refractivity contribution >= 4 is 27.4 Å². The maximum absolute atomic E-state index is 11.7. The third-order valence-electron chi connectivity index (χ3n) is 3.17. The van der Waals surface area contributed by atoms with Crippen LogP contribution in [0.25, 0.3) is 0 Å². The second kappa shape index (κ2) is 21.1. The summed E-state index contributed by atoms with van der Waals surface area (Å²) in [5, 5.41) is 6.49. The Morgan fingerprint density at radius 1 is 1.08 bits per heavy atom. The summed E-state index contributed by atoms with van der Waals surface area (Å²) >= 11 is 0. The molecule has 0 aromatic heterocycles. The van der Waals surface area contributed by atoms with Crippen LogP contribution in [-0.2, 0) is 14.3 Å². The SMILES string of the molecule is CCC#CCOCCNCC(=O)CCCCOCSSCCNC(C)C. The van der Waals surface area contributed by atoms with Crippen molar-refractivity contribution in [3.05, 3.63) is 0 Å². The summed E-state index contributed by atoms with van der Waals surface area (Å²) in [5.41, 5.74) is 0. The molecule has 0 aliphatic rings. The molecule has 0 aliphatic heterocycles. The molecule has 0 aromatic carbocycles. The van der Waals surface area contributed by atoms with Crippen molar-refractivity contribution in [3.63, 3.8) is 0 Å². The number of carbonyl (C=O) groups excluding carboxylic acids is 1. The van der Waals surface area contributed by atoms with E-state index in [1.54, 1.807) is 10.8 Å². The molecule has 0 aliphatic carbocycles. The molecule has 0 unspecified atom stereocenters. The molecule has 0 radical (unpaired) electrons. The number of unbranched alkanes of at least 4 members (excludes halogenated alkanes) is 1. The molecule has 0 aromatic rings. The van der Waals surface area contributed by atoms with Crippen molar-refractivity contribution < 1.29 is 14.3 Å². The predicted octanol–water partition coefficient (Wildman–Crippen LogP) is 3.10. The number of hydrogen-bond acceptors (Lipinski definition) is 7. The molecule has 152 valence electrons. The van der Waals surface area contributed by atoms with Crippen LogP contribution in [-0.4, -0.2) is 63.0 Å². The summed E-state index contributed by atoms with van der Waals surface area (Å²) in [6, 6.07) is 0.550. The van der Waals surface area contributed by atoms with Crippen molar-refractivity contribution in [2.45, 2.75) is 52.5 Å². The van der Waals surface area contributed by atoms with Gasteiger partial charge in [0.05, 0.1) is 13.2 Å². The molecular weight excluding hydrogens is 368 g/mol. The average molecular weight is 405 g/mol. The number of ketones is 1. The lowest BCUT2D eigenvalue weighted by Crippen LogP contribution is -2.26. The Labute approximate surface area is 167 Å². The monoisotopic (exact) mass is 404 g/mol. The van der Waals surface area contributed by atoms with E-state index in [9.17, 15) is 4.79 Å². The lowest BCUT2D eigenvalue weighted by molar-refractivity contribution is -0.118. The first kappa shape index (κ1) is 25.8. The molecule has 0 atom stereocenters. The van der Waals surface area contributed by atoms with Gasteiger partial charge in [0.2, 0.25) is 0 Å². The minimum Gasteiger partial charge on any atom is -0.370 e. The van der Waals surface area contributed by atoms with Gasteiger partial charge >= 0.3 is 0 Å². The Kier molecular flexibility index (Phi) is 20.9. The van der Waals surface area contributed by atoms with Crippen LogP contribution in [0.15, 0.2) is 0 Å². The fourth-order valence-corrected chi connectivity index (χ4v) is 3.45. The van der Waals surface area contributed by atoms with Crippen LogP contribution in [0.2, 0.25) is 0 Å². The van der Waals surface area contributed by atoms with Gasteiger partial charge in [-0.05, 0) is 12.8 Å². The highest BCUT2D eigenvalue weighted by atomic mass is 33.1. The molecule has 0 saturated heterocycles. The van der Waals surface area contributed by atoms with Gasteiger partial charge in [-0.3, -0.25) is 4.79 Å². The molecule has 7 heteroatoms. The van der Waals surface area contributed by atoms with E-state index in [4.69, 9.17) is 9.47 Å². The van der Waals surface area contributed by atoms with Crippen LogP contribution in [0.3, 0.4) is 0 Å². The maximum atomic E-state index is 11.7. The molecule has 0 bridgehead atoms. The van der Waals surface area contributed by atoms with Crippen molar-refractivity contribution in [1.82, 2.24) is 10.6 Å². The van der Waals surface area contributed by atoms with Gasteiger partial charge in [-0.15, -0.1) is 5.92 Å². The number of nitrogens with one attached hydrogen (secondary N) is 2. The Bertz CT molecular complexity index is 385. The van der Waals surface area contributed by atoms with Gasteiger partial charge < -0.3 is 20.1 Å². The van der Waals surface area contributed by atoms with Gasteiger partial charge in [-0.1, -0.05) is 48.3 Å². The summed E-state index contributed by atoms with van der Waals surface area (Å²) in [6.07, 6.45) is 3.29. The van der Waals surface area contributed by atoms with Crippen molar-refractivity contribution in [1.29, 1.82) is 0 Å². The highest BCUT2D eigenvalue weighted by Crippen LogP contribution is 2.20. The molecule has 0 saturated carbocycles. The minimum atomic E-state index is 0.248. The van der Waals surface area contributed by atoms with Crippen LogP contribution in [0.5, 0.6) is 0 Å². The fraction of sp³-hybridized carbons (Fsp3) is 0.842. The normalized spacial score (nSPS) is 10.8. The van der Waals surface area contributed by atoms with Crippen LogP contribution < -0.4 is 10.6 Å². The smallest absolute Gasteiger partial charge is 0.146 e. The summed E-state index contributed by atoms with van der Waals surface area (Å²) in [7, 11) is 3.58. The molecule has 5 nitrogen and oxygen atoms in total. The summed E-state index contributed by atoms with van der Waals surface area (Å²) in [6.45, 7) is 10.2. The van der Waals surface area contributed by atoms with E-state index in [0.717, 1.165) is 38.2 Å². The Hall–Kier alpha value is -0.230. The van der Waals surface area contributed by atoms with E-state index < -0.39 is 0 Å². The van der Waals surface area contributed by atoms with Gasteiger partial charge in [-0.2, -0.15) is 0 Å². The van der Waals surface area contributed by atoms with E-state index in [1.807, 2.05) is 17.7 Å². The standard InChI is InChI=1S/C19H36N2O3S2/c1-4-5-7-12-23-14-10-20-16-19(22)9-6-8-13-24-17-26-25-15-11-21-18(2)3/h18,20-21H,4,6,8-17H2,1-3H3. The first-order valence-electron chi connectivity index (χ1n) is 9.48. The Morgan fingerprint density at radius 2 is 1.92 bits per heavy atom. The fourth-order valence-electron chi connectivity index (χ4n) is 1.86. The maximum Gasteiger partial charge on any atom is 0.146 e. The quantitative estimate of drug-likeness (QED) is 0.158. The summed E-state index contributed by atoms with van der Waals surface area (Å²) < 4.78 is 10.9. The molecule has 26 heavy (non-hydrogen) atoms. The van der Waals surface area contributed by atoms with E-state index in [1.165, 1.54) is 0 Å². The van der Waals surface area contributed by atoms with Crippen LogP contribution >= 0.6 is 21.6 Å². The van der Waals surface area contributed by atoms with E-state index in [0.29, 0.717) is 44.7 Å². The van der Waals surface area contributed by atoms with E-state index in [2.05, 4.69) is 36.3 Å². The molecule has 0 amide bonds. The molecule has 0 heterocycles. The zero-order chi connectivity index (χ0) is 19.3. The minimum absolute atomic E-state index is 0.248. The molecular formula is C19H36N2O3S2. The highest BCUT2D eigenvalue weighted by Gasteiger charge is 2.01. The zero-order valence-electron chi connectivity index (χ0n) is 16.6. The van der Waals surface area contributed by atoms with Crippen LogP contribution in [0.1, 0.15) is 46.5 Å². The average Bonchev–Trinajstić information content (AvgIpc) is 2.61. The number of hydrogen-bond donors (Lipinski definition) is 2. The van der Waals surface area contributed by atoms with Crippen LogP contribution in [0, 0.1) is 11.8 Å². The lowest BCUT2D eigenvalue weighted by atomic mass is 10.2. The van der Waals surface area contributed by atoms with Gasteiger partial charge in [0.25, 0.3) is 0 Å². The van der Waals surface area contributed by atoms with E-state index >= 15 is 0 Å². The topological polar surface area (TPSA) is 59.6 Å². The molecule has 0 rings (SSSR count). The zero-order valence-corrected chi connectivity index (χ0v) is 18.2. The molecule has 0 spiro atoms. The van der Waals surface area contributed by atoms with Crippen molar-refractivity contribution in [2.24, 2.45) is 0 Å². The number of Topliss-reactive ketones (excluding diaryl/α,β-unsaturated/α-hetero) is 1. The van der Waals surface area contributed by atoms with Gasteiger partial charge in [0.15, 0.2) is 0 Å². The first-order valence-corrected chi connectivity index (χ1v) is 12.0. The predicted molar refractivity (Wildman–Crippen MR) is 115 cm³/mol. The van der Waals surface area contributed by atoms with Gasteiger partial charge in [0.1, 0.15) is 18.3 Å². The Morgan fingerprint density at radius 3 is 2.69 bits per heavy atom. The summed E-state index contributed by atoms with van der Waals surface area (Å²) in [5.74, 6) is 7.91. The Balaban J connectivity index is 3.19. The summed E-state index contributed by atoms with van der Waals surface area (Å²) in [4.78, 5) is 11.7. The lowest BCUT2D eigenvalue weighted by Gasteiger charge is -2.07. The second-order valence-corrected chi connectivity index (χ2v) is 8.54. The molecule has 0 fully saturated rings. The highest BCUT2D eigenvalue weighted by molar-refractivity contribution is 8.76. The number of rotatable bonds is 18.